The van der Waals surface area contributed by atoms with Crippen LogP contribution < -0.4 is 0 Å². The van der Waals surface area contributed by atoms with E-state index in [-0.39, 0.29) is 20.9 Å². The Kier molecular flexibility index (Phi) is 4.07. The van der Waals surface area contributed by atoms with Gasteiger partial charge in [-0.3, -0.25) is 0 Å². The van der Waals surface area contributed by atoms with Crippen molar-refractivity contribution in [2.45, 2.75) is 13.0 Å². The molecule has 0 amide bonds. The number of carbonyl (C=O) groups excluding carboxylic acids is 1. The molecule has 0 spiro atoms. The van der Waals surface area contributed by atoms with Gasteiger partial charge in [-0.05, 0) is 0 Å². The summed E-state index contributed by atoms with van der Waals surface area (Å²) >= 11 is 0.0489. The summed E-state index contributed by atoms with van der Waals surface area (Å²) in [4.78, 5) is 20.2. The predicted octanol–water partition coefficient (Wildman–Crippen LogP) is 1.39. The van der Waals surface area contributed by atoms with Crippen LogP contribution >= 0.6 is 0 Å². The average Bonchev–Trinajstić information content (AvgIpc) is 2.79. The number of hydrogen-bond donors (Lipinski definition) is 0. The fourth-order valence-electron chi connectivity index (χ4n) is 1.37. The van der Waals surface area contributed by atoms with Crippen LogP contribution in [0.1, 0.15) is 6.92 Å². The molecule has 0 aromatic heterocycles. The molecule has 0 N–H and O–H groups in total. The topological polar surface area (TPSA) is 51.0 Å². The first-order valence-electron chi connectivity index (χ1n) is 5.30. The molecule has 17 heavy (non-hydrogen) atoms. The van der Waals surface area contributed by atoms with Crippen molar-refractivity contribution < 1.29 is 9.53 Å². The van der Waals surface area contributed by atoms with E-state index in [1.807, 2.05) is 30.3 Å². The van der Waals surface area contributed by atoms with Crippen molar-refractivity contribution >= 4 is 36.3 Å². The second-order valence-electron chi connectivity index (χ2n) is 3.31. The van der Waals surface area contributed by atoms with Crippen molar-refractivity contribution in [2.75, 3.05) is 6.61 Å². The van der Waals surface area contributed by atoms with Crippen LogP contribution in [0.3, 0.4) is 0 Å². The molecular weight excluding hydrogens is 283 g/mol. The van der Waals surface area contributed by atoms with E-state index in [2.05, 4.69) is 9.98 Å². The first-order valence-corrected chi connectivity index (χ1v) is 7.14. The second kappa shape index (κ2) is 5.75. The van der Waals surface area contributed by atoms with E-state index in [9.17, 15) is 4.79 Å². The third-order valence-corrected chi connectivity index (χ3v) is 3.77. The number of nitrogens with zero attached hydrogens (tertiary/aromatic N) is 2. The van der Waals surface area contributed by atoms with E-state index in [0.29, 0.717) is 6.61 Å². The Morgan fingerprint density at radius 2 is 2.24 bits per heavy atom. The molecule has 1 atom stereocenters. The van der Waals surface area contributed by atoms with E-state index in [4.69, 9.17) is 4.74 Å². The number of benzene rings is 1. The number of carbonyl (C=O) groups is 1. The van der Waals surface area contributed by atoms with Crippen molar-refractivity contribution in [3.8, 4) is 0 Å². The average molecular weight is 295 g/mol. The molecule has 1 aromatic rings. The molecule has 0 saturated heterocycles. The summed E-state index contributed by atoms with van der Waals surface area (Å²) in [6, 6.07) is 9.05. The Bertz CT molecular complexity index is 457. The van der Waals surface area contributed by atoms with Crippen LogP contribution in [-0.2, 0) is 9.53 Å². The molecule has 2 rings (SSSR count). The van der Waals surface area contributed by atoms with Crippen molar-refractivity contribution in [2.24, 2.45) is 9.98 Å². The van der Waals surface area contributed by atoms with Gasteiger partial charge in [-0.1, -0.05) is 0 Å². The molecule has 0 fully saturated rings. The maximum absolute atomic E-state index is 11.6. The minimum absolute atomic E-state index is 0.0489. The van der Waals surface area contributed by atoms with Gasteiger partial charge in [0.2, 0.25) is 0 Å². The van der Waals surface area contributed by atoms with Crippen LogP contribution in [0.15, 0.2) is 40.3 Å². The summed E-state index contributed by atoms with van der Waals surface area (Å²) in [5.41, 5.74) is 0.851. The molecule has 5 heteroatoms. The van der Waals surface area contributed by atoms with Crippen LogP contribution in [0, 0.1) is 0 Å². The van der Waals surface area contributed by atoms with Crippen molar-refractivity contribution in [3.63, 3.8) is 0 Å². The van der Waals surface area contributed by atoms with E-state index in [0.717, 1.165) is 10.3 Å². The van der Waals surface area contributed by atoms with E-state index in [1.54, 1.807) is 12.0 Å². The molecule has 1 unspecified atom stereocenters. The van der Waals surface area contributed by atoms with Gasteiger partial charge in [0.15, 0.2) is 0 Å². The number of hydrogen-bond acceptors (Lipinski definition) is 4. The summed E-state index contributed by atoms with van der Waals surface area (Å²) in [5, 5.41) is 1.77. The first kappa shape index (κ1) is 12.0. The molecule has 1 aromatic carbocycles. The van der Waals surface area contributed by atoms with Crippen molar-refractivity contribution in [1.82, 2.24) is 0 Å². The molecule has 1 aliphatic heterocycles. The molecule has 1 heterocycles. The summed E-state index contributed by atoms with van der Waals surface area (Å²) in [7, 11) is 0. The Labute approximate surface area is 106 Å². The molecule has 4 nitrogen and oxygen atoms in total. The monoisotopic (exact) mass is 296 g/mol. The van der Waals surface area contributed by atoms with E-state index >= 15 is 0 Å². The standard InChI is InChI=1S/C12H12N2O2Se/c1-2-16-12(15)10-11(17-8-13-10)14-9-6-4-3-5-7-9/h3-8,10H,2H2,1H3. The van der Waals surface area contributed by atoms with Crippen LogP contribution in [0.4, 0.5) is 5.69 Å². The van der Waals surface area contributed by atoms with Gasteiger partial charge >= 0.3 is 106 Å². The third-order valence-electron chi connectivity index (χ3n) is 2.12. The van der Waals surface area contributed by atoms with Crippen LogP contribution in [0.25, 0.3) is 0 Å². The van der Waals surface area contributed by atoms with Crippen molar-refractivity contribution in [1.29, 1.82) is 0 Å². The fraction of sp³-hybridized carbons (Fsp3) is 0.250. The Morgan fingerprint density at radius 1 is 1.47 bits per heavy atom. The second-order valence-corrected chi connectivity index (χ2v) is 5.13. The summed E-state index contributed by atoms with van der Waals surface area (Å²) in [6.07, 6.45) is 0. The van der Waals surface area contributed by atoms with Gasteiger partial charge < -0.3 is 0 Å². The normalized spacial score (nSPS) is 20.8. The molecule has 0 saturated carbocycles. The van der Waals surface area contributed by atoms with Gasteiger partial charge in [0, 0.05) is 0 Å². The molecule has 0 aliphatic carbocycles. The Morgan fingerprint density at radius 3 is 2.94 bits per heavy atom. The minimum atomic E-state index is -0.532. The quantitative estimate of drug-likeness (QED) is 0.625. The summed E-state index contributed by atoms with van der Waals surface area (Å²) in [6.45, 7) is 2.16. The van der Waals surface area contributed by atoms with Crippen LogP contribution in [0.5, 0.6) is 0 Å². The molecular formula is C12H12N2O2Se. The SMILES string of the molecule is CCOC(=O)C1N=C[Se]C1=Nc1ccccc1. The first-order chi connectivity index (χ1) is 8.31. The predicted molar refractivity (Wildman–Crippen MR) is 68.2 cm³/mol. The Balaban J connectivity index is 2.16. The fourth-order valence-corrected chi connectivity index (χ4v) is 2.92. The van der Waals surface area contributed by atoms with Crippen molar-refractivity contribution in [3.05, 3.63) is 30.3 Å². The van der Waals surface area contributed by atoms with Gasteiger partial charge in [0.1, 0.15) is 0 Å². The summed E-state index contributed by atoms with van der Waals surface area (Å²) in [5.74, 6) is -0.308. The number of ether oxygens (including phenoxy) is 1. The zero-order valence-corrected chi connectivity index (χ0v) is 11.1. The number of esters is 1. The zero-order chi connectivity index (χ0) is 12.1. The number of rotatable bonds is 3. The van der Waals surface area contributed by atoms with E-state index < -0.39 is 6.04 Å². The molecule has 1 aliphatic rings. The van der Waals surface area contributed by atoms with E-state index in [1.165, 1.54) is 0 Å². The molecule has 88 valence electrons. The van der Waals surface area contributed by atoms with Gasteiger partial charge in [-0.15, -0.1) is 0 Å². The number of aliphatic imine (C=N–C) groups is 2. The molecule has 0 bridgehead atoms. The van der Waals surface area contributed by atoms with Crippen LogP contribution in [0.2, 0.25) is 0 Å². The van der Waals surface area contributed by atoms with Gasteiger partial charge in [-0.25, -0.2) is 0 Å². The molecule has 0 radical (unpaired) electrons. The van der Waals surface area contributed by atoms with Crippen LogP contribution in [-0.4, -0.2) is 43.3 Å². The summed E-state index contributed by atoms with van der Waals surface area (Å²) < 4.78 is 5.78. The van der Waals surface area contributed by atoms with Gasteiger partial charge in [0.05, 0.1) is 0 Å². The maximum atomic E-state index is 11.6. The van der Waals surface area contributed by atoms with Gasteiger partial charge in [-0.2, -0.15) is 0 Å². The third kappa shape index (κ3) is 3.02. The number of para-hydroxylation sites is 1. The Hall–Kier alpha value is -1.45. The zero-order valence-electron chi connectivity index (χ0n) is 9.37. The van der Waals surface area contributed by atoms with Gasteiger partial charge in [0.25, 0.3) is 0 Å².